The van der Waals surface area contributed by atoms with E-state index in [0.29, 0.717) is 11.6 Å². The summed E-state index contributed by atoms with van der Waals surface area (Å²) in [5.41, 5.74) is 5.50. The molecule has 152 valence electrons. The van der Waals surface area contributed by atoms with E-state index < -0.39 is 0 Å². The number of para-hydroxylation sites is 1. The van der Waals surface area contributed by atoms with Crippen LogP contribution in [-0.2, 0) is 0 Å². The zero-order valence-corrected chi connectivity index (χ0v) is 17.6. The number of fused-ring (bicyclic) bond motifs is 3. The van der Waals surface area contributed by atoms with Gasteiger partial charge in [0.2, 0.25) is 5.28 Å². The molecule has 0 unspecified atom stereocenters. The van der Waals surface area contributed by atoms with Crippen molar-refractivity contribution < 1.29 is 4.42 Å². The number of hydrogen-bond acceptors (Lipinski definition) is 4. The first kappa shape index (κ1) is 18.7. The van der Waals surface area contributed by atoms with Crippen molar-refractivity contribution >= 4 is 33.5 Å². The van der Waals surface area contributed by atoms with E-state index >= 15 is 0 Å². The van der Waals surface area contributed by atoms with Crippen molar-refractivity contribution in [3.63, 3.8) is 0 Å². The highest BCUT2D eigenvalue weighted by atomic mass is 35.5. The van der Waals surface area contributed by atoms with Gasteiger partial charge < -0.3 is 4.42 Å². The molecule has 0 atom stereocenters. The van der Waals surface area contributed by atoms with E-state index in [1.165, 1.54) is 0 Å². The summed E-state index contributed by atoms with van der Waals surface area (Å²) in [6.45, 7) is 0. The molecule has 0 saturated carbocycles. The van der Waals surface area contributed by atoms with Gasteiger partial charge >= 0.3 is 0 Å². The van der Waals surface area contributed by atoms with E-state index in [2.05, 4.69) is 34.2 Å². The Morgan fingerprint density at radius 1 is 0.562 bits per heavy atom. The maximum Gasteiger partial charge on any atom is 0.226 e. The van der Waals surface area contributed by atoms with Gasteiger partial charge in [-0.1, -0.05) is 91.0 Å². The fraction of sp³-hybridized carbons (Fsp3) is 0. The molecule has 4 nitrogen and oxygen atoms in total. The first-order valence-electron chi connectivity index (χ1n) is 10.2. The van der Waals surface area contributed by atoms with Crippen molar-refractivity contribution in [1.82, 2.24) is 15.0 Å². The molecular formula is C27H16ClN3O. The monoisotopic (exact) mass is 433 g/mol. The Kier molecular flexibility index (Phi) is 4.44. The molecule has 32 heavy (non-hydrogen) atoms. The normalized spacial score (nSPS) is 11.3. The van der Waals surface area contributed by atoms with E-state index in [0.717, 1.165) is 44.2 Å². The molecule has 0 N–H and O–H groups in total. The topological polar surface area (TPSA) is 51.8 Å². The fourth-order valence-electron chi connectivity index (χ4n) is 4.07. The third-order valence-electron chi connectivity index (χ3n) is 5.49. The van der Waals surface area contributed by atoms with Crippen LogP contribution in [0.15, 0.2) is 101 Å². The van der Waals surface area contributed by atoms with Crippen LogP contribution >= 0.6 is 11.6 Å². The van der Waals surface area contributed by atoms with Crippen molar-refractivity contribution in [1.29, 1.82) is 0 Å². The van der Waals surface area contributed by atoms with Crippen LogP contribution in [0.4, 0.5) is 0 Å². The van der Waals surface area contributed by atoms with Gasteiger partial charge in [0.25, 0.3) is 0 Å². The standard InChI is InChI=1S/C27H16ClN3O/c28-27-30-25(18-11-5-2-6-12-18)29-26(31-27)21-15-8-16-22-23(21)20-14-7-13-19(24(20)32-22)17-9-3-1-4-10-17/h1-16H. The summed E-state index contributed by atoms with van der Waals surface area (Å²) >= 11 is 6.31. The molecular weight excluding hydrogens is 418 g/mol. The van der Waals surface area contributed by atoms with E-state index in [4.69, 9.17) is 21.0 Å². The number of hydrogen-bond donors (Lipinski definition) is 0. The van der Waals surface area contributed by atoms with Crippen molar-refractivity contribution in [2.24, 2.45) is 0 Å². The lowest BCUT2D eigenvalue weighted by molar-refractivity contribution is 0.670. The van der Waals surface area contributed by atoms with Crippen LogP contribution in [-0.4, -0.2) is 15.0 Å². The van der Waals surface area contributed by atoms with Gasteiger partial charge in [-0.15, -0.1) is 0 Å². The molecule has 0 bridgehead atoms. The van der Waals surface area contributed by atoms with Crippen LogP contribution in [0.3, 0.4) is 0 Å². The van der Waals surface area contributed by atoms with E-state index in [1.54, 1.807) is 0 Å². The Bertz CT molecular complexity index is 1580. The first-order valence-corrected chi connectivity index (χ1v) is 10.6. The Morgan fingerprint density at radius 3 is 2.00 bits per heavy atom. The Morgan fingerprint density at radius 2 is 1.22 bits per heavy atom. The van der Waals surface area contributed by atoms with Gasteiger partial charge in [0.05, 0.1) is 0 Å². The molecule has 6 rings (SSSR count). The SMILES string of the molecule is Clc1nc(-c2ccccc2)nc(-c2cccc3oc4c(-c5ccccc5)cccc4c23)n1. The number of nitrogens with zero attached hydrogens (tertiary/aromatic N) is 3. The Labute approximate surface area is 189 Å². The van der Waals surface area contributed by atoms with Crippen molar-refractivity contribution in [2.45, 2.75) is 0 Å². The van der Waals surface area contributed by atoms with Crippen LogP contribution in [0.1, 0.15) is 0 Å². The van der Waals surface area contributed by atoms with Crippen LogP contribution in [0.5, 0.6) is 0 Å². The maximum absolute atomic E-state index is 6.34. The molecule has 5 heteroatoms. The van der Waals surface area contributed by atoms with E-state index in [9.17, 15) is 0 Å². The molecule has 4 aromatic carbocycles. The first-order chi connectivity index (χ1) is 15.8. The second-order valence-electron chi connectivity index (χ2n) is 7.45. The maximum atomic E-state index is 6.34. The summed E-state index contributed by atoms with van der Waals surface area (Å²) in [7, 11) is 0. The smallest absolute Gasteiger partial charge is 0.226 e. The Hall–Kier alpha value is -4.02. The third kappa shape index (κ3) is 3.13. The van der Waals surface area contributed by atoms with Gasteiger partial charge in [0.15, 0.2) is 11.6 Å². The zero-order valence-electron chi connectivity index (χ0n) is 16.9. The number of halogens is 1. The summed E-state index contributed by atoms with van der Waals surface area (Å²) in [5, 5.41) is 2.12. The molecule has 0 fully saturated rings. The van der Waals surface area contributed by atoms with E-state index in [1.807, 2.05) is 72.8 Å². The van der Waals surface area contributed by atoms with Crippen LogP contribution < -0.4 is 0 Å². The molecule has 0 aliphatic rings. The van der Waals surface area contributed by atoms with Crippen molar-refractivity contribution in [3.8, 4) is 33.9 Å². The minimum absolute atomic E-state index is 0.156. The molecule has 0 amide bonds. The highest BCUT2D eigenvalue weighted by molar-refractivity contribution is 6.28. The van der Waals surface area contributed by atoms with Gasteiger partial charge in [-0.2, -0.15) is 9.97 Å². The van der Waals surface area contributed by atoms with Crippen molar-refractivity contribution in [2.75, 3.05) is 0 Å². The number of furan rings is 1. The van der Waals surface area contributed by atoms with Gasteiger partial charge in [0, 0.05) is 27.5 Å². The van der Waals surface area contributed by atoms with Gasteiger partial charge in [-0.25, -0.2) is 4.98 Å². The molecule has 6 aromatic rings. The predicted octanol–water partition coefficient (Wildman–Crippen LogP) is 7.43. The molecule has 0 radical (unpaired) electrons. The van der Waals surface area contributed by atoms with Crippen LogP contribution in [0.25, 0.3) is 55.8 Å². The molecule has 2 aromatic heterocycles. The lowest BCUT2D eigenvalue weighted by atomic mass is 10.0. The minimum atomic E-state index is 0.156. The fourth-order valence-corrected chi connectivity index (χ4v) is 4.23. The number of aromatic nitrogens is 3. The Balaban J connectivity index is 1.61. The molecule has 2 heterocycles. The average molecular weight is 434 g/mol. The third-order valence-corrected chi connectivity index (χ3v) is 5.66. The molecule has 0 aliphatic heterocycles. The quantitative estimate of drug-likeness (QED) is 0.291. The van der Waals surface area contributed by atoms with Gasteiger partial charge in [-0.3, -0.25) is 0 Å². The lowest BCUT2D eigenvalue weighted by Gasteiger charge is -2.06. The molecule has 0 aliphatic carbocycles. The second kappa shape index (κ2) is 7.59. The summed E-state index contributed by atoms with van der Waals surface area (Å²) in [6.07, 6.45) is 0. The summed E-state index contributed by atoms with van der Waals surface area (Å²) in [6, 6.07) is 32.1. The van der Waals surface area contributed by atoms with E-state index in [-0.39, 0.29) is 5.28 Å². The number of benzene rings is 4. The van der Waals surface area contributed by atoms with Crippen molar-refractivity contribution in [3.05, 3.63) is 102 Å². The zero-order chi connectivity index (χ0) is 21.5. The summed E-state index contributed by atoms with van der Waals surface area (Å²) < 4.78 is 6.34. The lowest BCUT2D eigenvalue weighted by Crippen LogP contribution is -1.97. The van der Waals surface area contributed by atoms with Gasteiger partial charge in [-0.05, 0) is 23.2 Å². The van der Waals surface area contributed by atoms with Crippen LogP contribution in [0, 0.1) is 0 Å². The number of rotatable bonds is 3. The summed E-state index contributed by atoms with van der Waals surface area (Å²) in [5.74, 6) is 1.05. The van der Waals surface area contributed by atoms with Crippen LogP contribution in [0.2, 0.25) is 5.28 Å². The van der Waals surface area contributed by atoms with Gasteiger partial charge in [0.1, 0.15) is 11.2 Å². The average Bonchev–Trinajstić information content (AvgIpc) is 3.24. The minimum Gasteiger partial charge on any atom is -0.455 e. The highest BCUT2D eigenvalue weighted by Crippen LogP contribution is 2.39. The molecule has 0 saturated heterocycles. The largest absolute Gasteiger partial charge is 0.455 e. The predicted molar refractivity (Wildman–Crippen MR) is 128 cm³/mol. The summed E-state index contributed by atoms with van der Waals surface area (Å²) in [4.78, 5) is 13.5. The highest BCUT2D eigenvalue weighted by Gasteiger charge is 2.18. The second-order valence-corrected chi connectivity index (χ2v) is 7.78. The molecule has 0 spiro atoms.